The van der Waals surface area contributed by atoms with Crippen molar-refractivity contribution in [2.75, 3.05) is 6.54 Å². The van der Waals surface area contributed by atoms with Gasteiger partial charge in [-0.25, -0.2) is 0 Å². The molecule has 0 atom stereocenters. The zero-order chi connectivity index (χ0) is 9.68. The van der Waals surface area contributed by atoms with Crippen molar-refractivity contribution in [2.45, 2.75) is 13.3 Å². The number of carbonyl (C=O) groups excluding carboxylic acids is 1. The summed E-state index contributed by atoms with van der Waals surface area (Å²) in [5, 5.41) is 6.75. The van der Waals surface area contributed by atoms with Crippen LogP contribution < -0.4 is 5.32 Å². The molecule has 1 amide bonds. The lowest BCUT2D eigenvalue weighted by Crippen LogP contribution is -2.26. The fourth-order valence-electron chi connectivity index (χ4n) is 0.891. The highest BCUT2D eigenvalue weighted by Crippen LogP contribution is 2.06. The van der Waals surface area contributed by atoms with Crippen LogP contribution in [0.2, 0.25) is 0 Å². The van der Waals surface area contributed by atoms with Crippen molar-refractivity contribution in [2.24, 2.45) is 0 Å². The van der Waals surface area contributed by atoms with E-state index in [1.807, 2.05) is 23.8 Å². The first kappa shape index (κ1) is 9.99. The number of hydrogen-bond acceptors (Lipinski definition) is 2. The van der Waals surface area contributed by atoms with Crippen LogP contribution in [-0.2, 0) is 11.2 Å². The van der Waals surface area contributed by atoms with Gasteiger partial charge in [0.05, 0.1) is 6.42 Å². The highest BCUT2D eigenvalue weighted by atomic mass is 32.1. The normalized spacial score (nSPS) is 9.62. The van der Waals surface area contributed by atoms with E-state index >= 15 is 0 Å². The number of hydrogen-bond donors (Lipinski definition) is 1. The SMILES string of the molecule is C=C(C)CNC(=O)Cc1ccsc1. The maximum atomic E-state index is 11.3. The smallest absolute Gasteiger partial charge is 0.224 e. The van der Waals surface area contributed by atoms with Crippen molar-refractivity contribution in [3.8, 4) is 0 Å². The third-order valence-electron chi connectivity index (χ3n) is 1.53. The first-order valence-electron chi connectivity index (χ1n) is 4.10. The monoisotopic (exact) mass is 195 g/mol. The first-order valence-corrected chi connectivity index (χ1v) is 5.05. The van der Waals surface area contributed by atoms with Crippen LogP contribution in [0.5, 0.6) is 0 Å². The van der Waals surface area contributed by atoms with Crippen LogP contribution in [0.15, 0.2) is 29.0 Å². The molecule has 3 heteroatoms. The van der Waals surface area contributed by atoms with Gasteiger partial charge in [0, 0.05) is 6.54 Å². The Hall–Kier alpha value is -1.09. The Morgan fingerprint density at radius 1 is 1.69 bits per heavy atom. The van der Waals surface area contributed by atoms with Gasteiger partial charge in [-0.1, -0.05) is 12.2 Å². The molecule has 0 bridgehead atoms. The highest BCUT2D eigenvalue weighted by molar-refractivity contribution is 7.07. The third-order valence-corrected chi connectivity index (χ3v) is 2.26. The van der Waals surface area contributed by atoms with E-state index in [0.29, 0.717) is 13.0 Å². The van der Waals surface area contributed by atoms with Crippen LogP contribution in [0.4, 0.5) is 0 Å². The Morgan fingerprint density at radius 2 is 2.46 bits per heavy atom. The van der Waals surface area contributed by atoms with E-state index in [4.69, 9.17) is 0 Å². The summed E-state index contributed by atoms with van der Waals surface area (Å²) in [7, 11) is 0. The van der Waals surface area contributed by atoms with Gasteiger partial charge in [0.25, 0.3) is 0 Å². The lowest BCUT2D eigenvalue weighted by molar-refractivity contribution is -0.120. The van der Waals surface area contributed by atoms with Gasteiger partial charge in [-0.3, -0.25) is 4.79 Å². The lowest BCUT2D eigenvalue weighted by Gasteiger charge is -2.02. The summed E-state index contributed by atoms with van der Waals surface area (Å²) < 4.78 is 0. The van der Waals surface area contributed by atoms with Crippen LogP contribution in [-0.4, -0.2) is 12.5 Å². The summed E-state index contributed by atoms with van der Waals surface area (Å²) in [5.41, 5.74) is 2.04. The summed E-state index contributed by atoms with van der Waals surface area (Å²) in [6.07, 6.45) is 0.469. The number of rotatable bonds is 4. The van der Waals surface area contributed by atoms with Crippen molar-refractivity contribution >= 4 is 17.2 Å². The molecular formula is C10H13NOS. The van der Waals surface area contributed by atoms with E-state index in [-0.39, 0.29) is 5.91 Å². The molecule has 1 aromatic rings. The molecule has 2 nitrogen and oxygen atoms in total. The largest absolute Gasteiger partial charge is 0.352 e. The molecule has 0 fully saturated rings. The molecule has 1 aromatic heterocycles. The Kier molecular flexibility index (Phi) is 3.71. The Labute approximate surface area is 82.3 Å². The van der Waals surface area contributed by atoms with Crippen molar-refractivity contribution in [1.29, 1.82) is 0 Å². The van der Waals surface area contributed by atoms with Gasteiger partial charge < -0.3 is 5.32 Å². The second-order valence-electron chi connectivity index (χ2n) is 3.04. The lowest BCUT2D eigenvalue weighted by atomic mass is 10.2. The molecule has 1 N–H and O–H groups in total. The topological polar surface area (TPSA) is 29.1 Å². The van der Waals surface area contributed by atoms with Crippen LogP contribution in [0.25, 0.3) is 0 Å². The van der Waals surface area contributed by atoms with E-state index in [9.17, 15) is 4.79 Å². The average molecular weight is 195 g/mol. The molecule has 0 spiro atoms. The van der Waals surface area contributed by atoms with E-state index in [1.165, 1.54) is 0 Å². The van der Waals surface area contributed by atoms with Gasteiger partial charge in [0.2, 0.25) is 5.91 Å². The molecule has 0 saturated heterocycles. The van der Waals surface area contributed by atoms with E-state index in [1.54, 1.807) is 11.3 Å². The zero-order valence-electron chi connectivity index (χ0n) is 7.67. The van der Waals surface area contributed by atoms with Gasteiger partial charge >= 0.3 is 0 Å². The van der Waals surface area contributed by atoms with Gasteiger partial charge in [-0.2, -0.15) is 11.3 Å². The van der Waals surface area contributed by atoms with Crippen molar-refractivity contribution in [3.05, 3.63) is 34.5 Å². The number of carbonyl (C=O) groups is 1. The minimum absolute atomic E-state index is 0.0569. The number of nitrogens with one attached hydrogen (secondary N) is 1. The molecule has 70 valence electrons. The van der Waals surface area contributed by atoms with Crippen molar-refractivity contribution < 1.29 is 4.79 Å². The van der Waals surface area contributed by atoms with E-state index in [0.717, 1.165) is 11.1 Å². The summed E-state index contributed by atoms with van der Waals surface area (Å²) >= 11 is 1.61. The predicted octanol–water partition coefficient (Wildman–Crippen LogP) is 1.98. The molecule has 0 aliphatic rings. The summed E-state index contributed by atoms with van der Waals surface area (Å²) in [5.74, 6) is 0.0569. The van der Waals surface area contributed by atoms with Gasteiger partial charge in [0.1, 0.15) is 0 Å². The maximum absolute atomic E-state index is 11.3. The van der Waals surface area contributed by atoms with E-state index in [2.05, 4.69) is 11.9 Å². The fourth-order valence-corrected chi connectivity index (χ4v) is 1.56. The first-order chi connectivity index (χ1) is 6.18. The predicted molar refractivity (Wildman–Crippen MR) is 55.8 cm³/mol. The summed E-state index contributed by atoms with van der Waals surface area (Å²) in [4.78, 5) is 11.3. The van der Waals surface area contributed by atoms with Crippen LogP contribution >= 0.6 is 11.3 Å². The minimum Gasteiger partial charge on any atom is -0.352 e. The highest BCUT2D eigenvalue weighted by Gasteiger charge is 2.02. The molecular weight excluding hydrogens is 182 g/mol. The summed E-state index contributed by atoms with van der Waals surface area (Å²) in [6.45, 7) is 6.18. The third kappa shape index (κ3) is 3.90. The van der Waals surface area contributed by atoms with Gasteiger partial charge in [0.15, 0.2) is 0 Å². The fraction of sp³-hybridized carbons (Fsp3) is 0.300. The average Bonchev–Trinajstić information content (AvgIpc) is 2.53. The zero-order valence-corrected chi connectivity index (χ0v) is 8.49. The molecule has 0 aliphatic heterocycles. The van der Waals surface area contributed by atoms with Crippen molar-refractivity contribution in [3.63, 3.8) is 0 Å². The van der Waals surface area contributed by atoms with Crippen LogP contribution in [0, 0.1) is 0 Å². The molecule has 13 heavy (non-hydrogen) atoms. The molecule has 0 saturated carbocycles. The standard InChI is InChI=1S/C10H13NOS/c1-8(2)6-11-10(12)5-9-3-4-13-7-9/h3-4,7H,1,5-6H2,2H3,(H,11,12). The Bertz CT molecular complexity index is 290. The number of thiophene rings is 1. The van der Waals surface area contributed by atoms with Crippen LogP contribution in [0.3, 0.4) is 0 Å². The molecule has 0 aliphatic carbocycles. The summed E-state index contributed by atoms with van der Waals surface area (Å²) in [6, 6.07) is 1.96. The van der Waals surface area contributed by atoms with Crippen molar-refractivity contribution in [1.82, 2.24) is 5.32 Å². The molecule has 1 rings (SSSR count). The molecule has 0 aromatic carbocycles. The molecule has 0 radical (unpaired) electrons. The Balaban J connectivity index is 2.30. The van der Waals surface area contributed by atoms with Gasteiger partial charge in [-0.05, 0) is 29.3 Å². The van der Waals surface area contributed by atoms with Crippen LogP contribution in [0.1, 0.15) is 12.5 Å². The van der Waals surface area contributed by atoms with Gasteiger partial charge in [-0.15, -0.1) is 0 Å². The van der Waals surface area contributed by atoms with E-state index < -0.39 is 0 Å². The second kappa shape index (κ2) is 4.82. The maximum Gasteiger partial charge on any atom is 0.224 e. The number of amides is 1. The molecule has 1 heterocycles. The second-order valence-corrected chi connectivity index (χ2v) is 3.82. The Morgan fingerprint density at radius 3 is 3.00 bits per heavy atom. The minimum atomic E-state index is 0.0569. The molecule has 0 unspecified atom stereocenters. The quantitative estimate of drug-likeness (QED) is 0.731.